The minimum Gasteiger partial charge on any atom is -0.481 e. The highest BCUT2D eigenvalue weighted by Gasteiger charge is 2.34. The van der Waals surface area contributed by atoms with Gasteiger partial charge in [0.2, 0.25) is 5.91 Å². The molecule has 1 atom stereocenters. The van der Waals surface area contributed by atoms with E-state index < -0.39 is 18.0 Å². The third-order valence-corrected chi connectivity index (χ3v) is 3.94. The lowest BCUT2D eigenvalue weighted by molar-refractivity contribution is -0.147. The quantitative estimate of drug-likeness (QED) is 0.700. The van der Waals surface area contributed by atoms with Gasteiger partial charge in [0.05, 0.1) is 12.8 Å². The van der Waals surface area contributed by atoms with Gasteiger partial charge in [0.15, 0.2) is 0 Å². The number of carboxylic acid groups (broad SMARTS) is 1. The molecule has 1 saturated carbocycles. The molecule has 21 heavy (non-hydrogen) atoms. The normalized spacial score (nSPS) is 18.6. The van der Waals surface area contributed by atoms with Crippen molar-refractivity contribution < 1.29 is 24.2 Å². The van der Waals surface area contributed by atoms with Crippen LogP contribution in [0.1, 0.15) is 58.8 Å². The standard InChI is InChI=1S/C15H25NO5/c1-11(21-12(2)17)8-13(18)16-10-15(9-14(19)20)6-4-3-5-7-15/h11H,3-10H2,1-2H3,(H,16,18)(H,19,20). The van der Waals surface area contributed by atoms with Gasteiger partial charge in [0, 0.05) is 13.5 Å². The molecule has 1 rings (SSSR count). The molecule has 120 valence electrons. The van der Waals surface area contributed by atoms with Gasteiger partial charge in [-0.2, -0.15) is 0 Å². The zero-order valence-electron chi connectivity index (χ0n) is 12.8. The van der Waals surface area contributed by atoms with Crippen molar-refractivity contribution in [2.24, 2.45) is 5.41 Å². The predicted molar refractivity (Wildman–Crippen MR) is 76.6 cm³/mol. The minimum atomic E-state index is -0.820. The van der Waals surface area contributed by atoms with Crippen molar-refractivity contribution in [2.75, 3.05) is 6.54 Å². The van der Waals surface area contributed by atoms with Gasteiger partial charge in [-0.15, -0.1) is 0 Å². The van der Waals surface area contributed by atoms with Crippen LogP contribution in [0.2, 0.25) is 0 Å². The molecule has 6 heteroatoms. The third kappa shape index (κ3) is 6.60. The van der Waals surface area contributed by atoms with Crippen molar-refractivity contribution in [1.82, 2.24) is 5.32 Å². The molecule has 1 fully saturated rings. The summed E-state index contributed by atoms with van der Waals surface area (Å²) in [6.07, 6.45) is 4.52. The monoisotopic (exact) mass is 299 g/mol. The molecule has 0 bridgehead atoms. The highest BCUT2D eigenvalue weighted by atomic mass is 16.5. The zero-order chi connectivity index (χ0) is 15.9. The van der Waals surface area contributed by atoms with Gasteiger partial charge in [-0.25, -0.2) is 0 Å². The van der Waals surface area contributed by atoms with Crippen LogP contribution in [0.3, 0.4) is 0 Å². The molecule has 0 aromatic carbocycles. The van der Waals surface area contributed by atoms with Crippen LogP contribution < -0.4 is 5.32 Å². The fourth-order valence-corrected chi connectivity index (χ4v) is 2.98. The maximum atomic E-state index is 11.9. The number of ether oxygens (including phenoxy) is 1. The van der Waals surface area contributed by atoms with Gasteiger partial charge >= 0.3 is 11.9 Å². The second kappa shape index (κ2) is 8.00. The number of carbonyl (C=O) groups excluding carboxylic acids is 2. The zero-order valence-corrected chi connectivity index (χ0v) is 12.8. The van der Waals surface area contributed by atoms with Gasteiger partial charge in [-0.1, -0.05) is 19.3 Å². The average Bonchev–Trinajstić information content (AvgIpc) is 2.35. The second-order valence-electron chi connectivity index (χ2n) is 6.03. The van der Waals surface area contributed by atoms with Crippen molar-refractivity contribution in [3.05, 3.63) is 0 Å². The summed E-state index contributed by atoms with van der Waals surface area (Å²) in [5.41, 5.74) is -0.329. The number of esters is 1. The average molecular weight is 299 g/mol. The number of rotatable bonds is 7. The first kappa shape index (κ1) is 17.5. The summed E-state index contributed by atoms with van der Waals surface area (Å²) < 4.78 is 4.91. The van der Waals surface area contributed by atoms with E-state index in [-0.39, 0.29) is 24.2 Å². The molecule has 0 heterocycles. The van der Waals surface area contributed by atoms with E-state index in [0.717, 1.165) is 32.1 Å². The highest BCUT2D eigenvalue weighted by molar-refractivity contribution is 5.77. The van der Waals surface area contributed by atoms with E-state index in [9.17, 15) is 14.4 Å². The molecular weight excluding hydrogens is 274 g/mol. The molecular formula is C15H25NO5. The van der Waals surface area contributed by atoms with Crippen molar-refractivity contribution >= 4 is 17.8 Å². The fraction of sp³-hybridized carbons (Fsp3) is 0.800. The van der Waals surface area contributed by atoms with Crippen LogP contribution >= 0.6 is 0 Å². The molecule has 6 nitrogen and oxygen atoms in total. The van der Waals surface area contributed by atoms with E-state index in [1.807, 2.05) is 0 Å². The van der Waals surface area contributed by atoms with E-state index in [1.165, 1.54) is 6.92 Å². The fourth-order valence-electron chi connectivity index (χ4n) is 2.98. The summed E-state index contributed by atoms with van der Waals surface area (Å²) in [6.45, 7) is 3.35. The third-order valence-electron chi connectivity index (χ3n) is 3.94. The molecule has 0 radical (unpaired) electrons. The summed E-state index contributed by atoms with van der Waals surface area (Å²) in [5.74, 6) is -1.44. The Labute approximate surface area is 125 Å². The van der Waals surface area contributed by atoms with E-state index in [1.54, 1.807) is 6.92 Å². The lowest BCUT2D eigenvalue weighted by Crippen LogP contribution is -2.41. The summed E-state index contributed by atoms with van der Waals surface area (Å²) in [4.78, 5) is 33.7. The number of nitrogens with one attached hydrogen (secondary N) is 1. The topological polar surface area (TPSA) is 92.7 Å². The molecule has 1 aliphatic rings. The highest BCUT2D eigenvalue weighted by Crippen LogP contribution is 2.38. The maximum Gasteiger partial charge on any atom is 0.303 e. The van der Waals surface area contributed by atoms with Gasteiger partial charge < -0.3 is 15.2 Å². The van der Waals surface area contributed by atoms with Gasteiger partial charge in [-0.05, 0) is 25.2 Å². The Morgan fingerprint density at radius 2 is 1.86 bits per heavy atom. The maximum absolute atomic E-state index is 11.9. The van der Waals surface area contributed by atoms with Crippen LogP contribution in [0.4, 0.5) is 0 Å². The molecule has 0 aliphatic heterocycles. The molecule has 1 amide bonds. The van der Waals surface area contributed by atoms with Crippen molar-refractivity contribution in [1.29, 1.82) is 0 Å². The number of carboxylic acids is 1. The smallest absolute Gasteiger partial charge is 0.303 e. The Bertz CT molecular complexity index is 388. The first-order valence-electron chi connectivity index (χ1n) is 7.49. The van der Waals surface area contributed by atoms with Crippen LogP contribution in [0.15, 0.2) is 0 Å². The van der Waals surface area contributed by atoms with Crippen molar-refractivity contribution in [3.8, 4) is 0 Å². The van der Waals surface area contributed by atoms with Crippen molar-refractivity contribution in [2.45, 2.75) is 64.9 Å². The SMILES string of the molecule is CC(=O)OC(C)CC(=O)NCC1(CC(=O)O)CCCCC1. The molecule has 0 aromatic rings. The lowest BCUT2D eigenvalue weighted by atomic mass is 9.71. The number of hydrogen-bond acceptors (Lipinski definition) is 4. The van der Waals surface area contributed by atoms with Crippen LogP contribution in [-0.2, 0) is 19.1 Å². The van der Waals surface area contributed by atoms with Crippen molar-refractivity contribution in [3.63, 3.8) is 0 Å². The van der Waals surface area contributed by atoms with E-state index in [2.05, 4.69) is 5.32 Å². The van der Waals surface area contributed by atoms with Gasteiger partial charge in [0.25, 0.3) is 0 Å². The van der Waals surface area contributed by atoms with Crippen LogP contribution in [0.25, 0.3) is 0 Å². The number of amides is 1. The van der Waals surface area contributed by atoms with E-state index in [0.29, 0.717) is 6.54 Å². The molecule has 1 unspecified atom stereocenters. The number of hydrogen-bond donors (Lipinski definition) is 2. The summed E-state index contributed by atoms with van der Waals surface area (Å²) >= 11 is 0. The summed E-state index contributed by atoms with van der Waals surface area (Å²) in [5, 5.41) is 11.9. The molecule has 0 spiro atoms. The van der Waals surface area contributed by atoms with Crippen LogP contribution in [0, 0.1) is 5.41 Å². The summed E-state index contributed by atoms with van der Waals surface area (Å²) in [6, 6.07) is 0. The largest absolute Gasteiger partial charge is 0.481 e. The van der Waals surface area contributed by atoms with E-state index in [4.69, 9.17) is 9.84 Å². The second-order valence-corrected chi connectivity index (χ2v) is 6.03. The van der Waals surface area contributed by atoms with Gasteiger partial charge in [-0.3, -0.25) is 14.4 Å². The minimum absolute atomic E-state index is 0.0901. The Hall–Kier alpha value is -1.59. The summed E-state index contributed by atoms with van der Waals surface area (Å²) in [7, 11) is 0. The molecule has 2 N–H and O–H groups in total. The molecule has 0 aromatic heterocycles. The first-order valence-corrected chi connectivity index (χ1v) is 7.49. The Kier molecular flexibility index (Phi) is 6.65. The Morgan fingerprint density at radius 1 is 1.24 bits per heavy atom. The van der Waals surface area contributed by atoms with Crippen LogP contribution in [-0.4, -0.2) is 35.6 Å². The Balaban J connectivity index is 2.47. The predicted octanol–water partition coefficient (Wildman–Crippen LogP) is 1.87. The number of aliphatic carboxylic acids is 1. The number of carbonyl (C=O) groups is 3. The Morgan fingerprint density at radius 3 is 2.38 bits per heavy atom. The van der Waals surface area contributed by atoms with E-state index >= 15 is 0 Å². The molecule has 0 saturated heterocycles. The first-order chi connectivity index (χ1) is 9.83. The lowest BCUT2D eigenvalue weighted by Gasteiger charge is -2.36. The molecule has 1 aliphatic carbocycles. The van der Waals surface area contributed by atoms with Gasteiger partial charge in [0.1, 0.15) is 6.10 Å². The van der Waals surface area contributed by atoms with Crippen LogP contribution in [0.5, 0.6) is 0 Å².